The molecule has 1 aliphatic rings. The predicted octanol–water partition coefficient (Wildman–Crippen LogP) is 5.37. The number of hydrogen-bond donors (Lipinski definition) is 1. The van der Waals surface area contributed by atoms with Crippen molar-refractivity contribution in [3.63, 3.8) is 0 Å². The van der Waals surface area contributed by atoms with Gasteiger partial charge in [0.1, 0.15) is 0 Å². The zero-order valence-electron chi connectivity index (χ0n) is 17.3. The third-order valence-corrected chi connectivity index (χ3v) is 6.88. The van der Waals surface area contributed by atoms with E-state index in [1.165, 1.54) is 0 Å². The van der Waals surface area contributed by atoms with Crippen LogP contribution in [0.25, 0.3) is 10.2 Å². The van der Waals surface area contributed by atoms with Crippen molar-refractivity contribution in [2.24, 2.45) is 5.92 Å². The second-order valence-corrected chi connectivity index (χ2v) is 9.05. The fourth-order valence-corrected chi connectivity index (χ4v) is 5.23. The van der Waals surface area contributed by atoms with Crippen LogP contribution in [0.1, 0.15) is 47.7 Å². The number of thiazole rings is 1. The van der Waals surface area contributed by atoms with E-state index in [2.05, 4.69) is 11.4 Å². The molecule has 0 bridgehead atoms. The van der Waals surface area contributed by atoms with E-state index in [1.54, 1.807) is 11.3 Å². The third-order valence-electron chi connectivity index (χ3n) is 5.71. The number of carbonyl (C=O) groups excluding carboxylic acids is 2. The summed E-state index contributed by atoms with van der Waals surface area (Å²) < 4.78 is 6.57. The number of rotatable bonds is 5. The minimum absolute atomic E-state index is 0.0609. The van der Waals surface area contributed by atoms with Crippen molar-refractivity contribution in [3.05, 3.63) is 58.6 Å². The van der Waals surface area contributed by atoms with Crippen LogP contribution in [-0.2, 0) is 14.3 Å². The van der Waals surface area contributed by atoms with E-state index in [9.17, 15) is 9.59 Å². The lowest BCUT2D eigenvalue weighted by atomic mass is 9.79. The van der Waals surface area contributed by atoms with Crippen LogP contribution in [0.5, 0.6) is 0 Å². The molecular formula is C24H26N2O3S. The topological polar surface area (TPSA) is 68.3 Å². The number of ether oxygens (including phenoxy) is 1. The lowest BCUT2D eigenvalue weighted by Crippen LogP contribution is -2.30. The van der Waals surface area contributed by atoms with Gasteiger partial charge in [-0.15, -0.1) is 11.3 Å². The molecule has 1 aliphatic carbocycles. The van der Waals surface area contributed by atoms with E-state index in [-0.39, 0.29) is 30.3 Å². The monoisotopic (exact) mass is 422 g/mol. The van der Waals surface area contributed by atoms with Crippen LogP contribution in [0.2, 0.25) is 0 Å². The van der Waals surface area contributed by atoms with Crippen molar-refractivity contribution in [3.8, 4) is 0 Å². The van der Waals surface area contributed by atoms with E-state index in [0.29, 0.717) is 0 Å². The van der Waals surface area contributed by atoms with Crippen LogP contribution in [0.15, 0.2) is 42.5 Å². The van der Waals surface area contributed by atoms with E-state index in [0.717, 1.165) is 57.7 Å². The van der Waals surface area contributed by atoms with Crippen molar-refractivity contribution < 1.29 is 14.3 Å². The zero-order valence-corrected chi connectivity index (χ0v) is 18.1. The smallest absolute Gasteiger partial charge is 0.310 e. The summed E-state index contributed by atoms with van der Waals surface area (Å²) in [4.78, 5) is 30.0. The first-order valence-electron chi connectivity index (χ1n) is 10.4. The number of hydrogen-bond acceptors (Lipinski definition) is 5. The molecule has 1 saturated carbocycles. The Labute approximate surface area is 180 Å². The molecule has 4 rings (SSSR count). The number of aryl methyl sites for hydroxylation is 2. The summed E-state index contributed by atoms with van der Waals surface area (Å²) in [5.41, 5.74) is 3.77. The van der Waals surface area contributed by atoms with Crippen molar-refractivity contribution in [2.45, 2.75) is 45.4 Å². The van der Waals surface area contributed by atoms with Gasteiger partial charge in [-0.25, -0.2) is 4.98 Å². The van der Waals surface area contributed by atoms with Crippen LogP contribution < -0.4 is 5.32 Å². The van der Waals surface area contributed by atoms with Gasteiger partial charge in [0.25, 0.3) is 5.91 Å². The minimum Gasteiger partial charge on any atom is -0.455 e. The largest absolute Gasteiger partial charge is 0.455 e. The van der Waals surface area contributed by atoms with Gasteiger partial charge in [0.05, 0.1) is 21.1 Å². The highest BCUT2D eigenvalue weighted by Gasteiger charge is 2.35. The van der Waals surface area contributed by atoms with Gasteiger partial charge >= 0.3 is 5.97 Å². The fourth-order valence-electron chi connectivity index (χ4n) is 4.06. The number of carbonyl (C=O) groups is 2. The average Bonchev–Trinajstić information content (AvgIpc) is 3.19. The van der Waals surface area contributed by atoms with Crippen LogP contribution in [-0.4, -0.2) is 23.5 Å². The Bertz CT molecular complexity index is 1040. The molecule has 1 N–H and O–H groups in total. The average molecular weight is 423 g/mol. The number of benzene rings is 2. The molecule has 1 fully saturated rings. The Balaban J connectivity index is 1.41. The molecule has 0 spiro atoms. The van der Waals surface area contributed by atoms with Crippen LogP contribution >= 0.6 is 11.3 Å². The molecule has 1 amide bonds. The van der Waals surface area contributed by atoms with Crippen molar-refractivity contribution in [2.75, 3.05) is 11.9 Å². The highest BCUT2D eigenvalue weighted by molar-refractivity contribution is 7.18. The Hall–Kier alpha value is -2.73. The van der Waals surface area contributed by atoms with Crippen molar-refractivity contribution in [1.82, 2.24) is 4.98 Å². The molecule has 1 heterocycles. The van der Waals surface area contributed by atoms with Gasteiger partial charge in [-0.3, -0.25) is 9.59 Å². The number of para-hydroxylation sites is 1. The van der Waals surface area contributed by atoms with Gasteiger partial charge in [-0.05, 0) is 56.0 Å². The second-order valence-electron chi connectivity index (χ2n) is 7.99. The number of nitrogens with zero attached hydrogens (tertiary/aromatic N) is 1. The van der Waals surface area contributed by atoms with Crippen LogP contribution in [0.4, 0.5) is 5.69 Å². The predicted molar refractivity (Wildman–Crippen MR) is 120 cm³/mol. The maximum absolute atomic E-state index is 12.8. The van der Waals surface area contributed by atoms with E-state index >= 15 is 0 Å². The molecule has 2 aromatic carbocycles. The van der Waals surface area contributed by atoms with Gasteiger partial charge in [0.2, 0.25) is 0 Å². The number of fused-ring (bicyclic) bond motifs is 1. The summed E-state index contributed by atoms with van der Waals surface area (Å²) in [7, 11) is 0. The number of anilines is 1. The summed E-state index contributed by atoms with van der Waals surface area (Å²) in [5, 5.41) is 3.84. The number of esters is 1. The molecule has 0 unspecified atom stereocenters. The Morgan fingerprint density at radius 3 is 2.77 bits per heavy atom. The fraction of sp³-hybridized carbons (Fsp3) is 0.375. The standard InChI is InChI=1S/C24H26N2O3S/c1-15-11-12-16(2)20(13-15)25-22(27)14-29-24(28)18-8-4-3-7-17(18)23-26-19-9-5-6-10-21(19)30-23/h5-6,9-13,17-18H,3-4,7-8,14H2,1-2H3,(H,25,27)/t17-,18+/m0/s1. The number of aromatic nitrogens is 1. The summed E-state index contributed by atoms with van der Waals surface area (Å²) in [6, 6.07) is 13.9. The van der Waals surface area contributed by atoms with Gasteiger partial charge in [0.15, 0.2) is 6.61 Å². The Morgan fingerprint density at radius 1 is 1.13 bits per heavy atom. The lowest BCUT2D eigenvalue weighted by Gasteiger charge is -2.28. The molecule has 0 saturated heterocycles. The zero-order chi connectivity index (χ0) is 21.1. The first-order chi connectivity index (χ1) is 14.5. The lowest BCUT2D eigenvalue weighted by molar-refractivity contribution is -0.153. The molecule has 3 aromatic rings. The van der Waals surface area contributed by atoms with E-state index in [4.69, 9.17) is 9.72 Å². The van der Waals surface area contributed by atoms with Gasteiger partial charge in [-0.2, -0.15) is 0 Å². The van der Waals surface area contributed by atoms with Crippen molar-refractivity contribution in [1.29, 1.82) is 0 Å². The molecule has 0 radical (unpaired) electrons. The summed E-state index contributed by atoms with van der Waals surface area (Å²) in [5.74, 6) is -0.794. The van der Waals surface area contributed by atoms with Crippen LogP contribution in [0.3, 0.4) is 0 Å². The second kappa shape index (κ2) is 8.96. The molecule has 5 nitrogen and oxygen atoms in total. The summed E-state index contributed by atoms with van der Waals surface area (Å²) >= 11 is 1.66. The molecule has 0 aliphatic heterocycles. The normalized spacial score (nSPS) is 18.9. The Kier molecular flexibility index (Phi) is 6.13. The number of amides is 1. The summed E-state index contributed by atoms with van der Waals surface area (Å²) in [6.45, 7) is 3.64. The van der Waals surface area contributed by atoms with E-state index < -0.39 is 0 Å². The molecule has 1 aromatic heterocycles. The highest BCUT2D eigenvalue weighted by Crippen LogP contribution is 2.41. The molecular weight excluding hydrogens is 396 g/mol. The minimum atomic E-state index is -0.315. The molecule has 30 heavy (non-hydrogen) atoms. The van der Waals surface area contributed by atoms with Gasteiger partial charge in [0, 0.05) is 11.6 Å². The molecule has 156 valence electrons. The Morgan fingerprint density at radius 2 is 1.93 bits per heavy atom. The maximum Gasteiger partial charge on any atom is 0.310 e. The van der Waals surface area contributed by atoms with Gasteiger partial charge in [-0.1, -0.05) is 37.1 Å². The number of nitrogens with one attached hydrogen (secondary N) is 1. The van der Waals surface area contributed by atoms with Crippen LogP contribution in [0, 0.1) is 19.8 Å². The molecule has 2 atom stereocenters. The summed E-state index contributed by atoms with van der Waals surface area (Å²) in [6.07, 6.45) is 3.78. The SMILES string of the molecule is Cc1ccc(C)c(NC(=O)COC(=O)[C@@H]2CCCC[C@@H]2c2nc3ccccc3s2)c1. The quantitative estimate of drug-likeness (QED) is 0.561. The van der Waals surface area contributed by atoms with Crippen molar-refractivity contribution >= 4 is 39.1 Å². The first kappa shape index (κ1) is 20.5. The highest BCUT2D eigenvalue weighted by atomic mass is 32.1. The maximum atomic E-state index is 12.8. The van der Waals surface area contributed by atoms with Gasteiger partial charge < -0.3 is 10.1 Å². The van der Waals surface area contributed by atoms with E-state index in [1.807, 2.05) is 50.2 Å². The first-order valence-corrected chi connectivity index (χ1v) is 11.2. The molecule has 6 heteroatoms. The third kappa shape index (κ3) is 4.54.